The highest BCUT2D eigenvalue weighted by molar-refractivity contribution is 4.74. The second-order valence-corrected chi connectivity index (χ2v) is 3.84. The number of ether oxygens (including phenoxy) is 1. The minimum absolute atomic E-state index is 0.200. The molecule has 0 saturated carbocycles. The smallest absolute Gasteiger partial charge is 0.0823 e. The highest BCUT2D eigenvalue weighted by atomic mass is 16.5. The molecule has 0 bridgehead atoms. The van der Waals surface area contributed by atoms with Crippen LogP contribution in [0.1, 0.15) is 26.7 Å². The summed E-state index contributed by atoms with van der Waals surface area (Å²) in [6, 6.07) is 0. The molecule has 2 heteroatoms. The third-order valence-corrected chi connectivity index (χ3v) is 2.28. The van der Waals surface area contributed by atoms with Crippen molar-refractivity contribution >= 4 is 0 Å². The molecule has 0 aromatic heterocycles. The standard InChI is InChI=1S/C9H18O2/c1-7(2)3-4-8-5-11-6-9(8)10/h7-10H,3-6H2,1-2H3. The number of hydrogen-bond donors (Lipinski definition) is 1. The Morgan fingerprint density at radius 2 is 2.18 bits per heavy atom. The molecule has 0 spiro atoms. The Hall–Kier alpha value is -0.0800. The van der Waals surface area contributed by atoms with Gasteiger partial charge >= 0.3 is 0 Å². The van der Waals surface area contributed by atoms with Gasteiger partial charge in [0.15, 0.2) is 0 Å². The maximum absolute atomic E-state index is 9.38. The Bertz CT molecular complexity index is 112. The van der Waals surface area contributed by atoms with Crippen LogP contribution in [0.25, 0.3) is 0 Å². The molecule has 0 aromatic rings. The van der Waals surface area contributed by atoms with E-state index in [2.05, 4.69) is 13.8 Å². The van der Waals surface area contributed by atoms with Gasteiger partial charge in [-0.15, -0.1) is 0 Å². The Morgan fingerprint density at radius 1 is 1.45 bits per heavy atom. The van der Waals surface area contributed by atoms with Crippen molar-refractivity contribution in [1.82, 2.24) is 0 Å². The summed E-state index contributed by atoms with van der Waals surface area (Å²) >= 11 is 0. The fourth-order valence-electron chi connectivity index (χ4n) is 1.41. The number of aliphatic hydroxyl groups is 1. The largest absolute Gasteiger partial charge is 0.390 e. The molecule has 2 atom stereocenters. The number of rotatable bonds is 3. The molecule has 11 heavy (non-hydrogen) atoms. The lowest BCUT2D eigenvalue weighted by Crippen LogP contribution is -2.17. The van der Waals surface area contributed by atoms with Crippen molar-refractivity contribution in [3.8, 4) is 0 Å². The summed E-state index contributed by atoms with van der Waals surface area (Å²) < 4.78 is 5.15. The van der Waals surface area contributed by atoms with Gasteiger partial charge in [0.2, 0.25) is 0 Å². The number of hydrogen-bond acceptors (Lipinski definition) is 2. The average Bonchev–Trinajstić information content (AvgIpc) is 2.31. The van der Waals surface area contributed by atoms with Gasteiger partial charge in [-0.05, 0) is 12.3 Å². The minimum Gasteiger partial charge on any atom is -0.390 e. The first-order valence-electron chi connectivity index (χ1n) is 4.46. The predicted octanol–water partition coefficient (Wildman–Crippen LogP) is 1.43. The van der Waals surface area contributed by atoms with E-state index < -0.39 is 0 Å². The lowest BCUT2D eigenvalue weighted by atomic mass is 9.96. The van der Waals surface area contributed by atoms with E-state index in [-0.39, 0.29) is 6.10 Å². The number of aliphatic hydroxyl groups excluding tert-OH is 1. The first-order valence-corrected chi connectivity index (χ1v) is 4.46. The predicted molar refractivity (Wildman–Crippen MR) is 44.4 cm³/mol. The van der Waals surface area contributed by atoms with Crippen LogP contribution in [0.3, 0.4) is 0 Å². The van der Waals surface area contributed by atoms with E-state index in [0.29, 0.717) is 12.5 Å². The van der Waals surface area contributed by atoms with Gasteiger partial charge in [-0.25, -0.2) is 0 Å². The Kier molecular flexibility index (Phi) is 3.34. The van der Waals surface area contributed by atoms with Gasteiger partial charge < -0.3 is 9.84 Å². The molecular formula is C9H18O2. The molecule has 0 aromatic carbocycles. The van der Waals surface area contributed by atoms with Crippen LogP contribution in [0.15, 0.2) is 0 Å². The molecule has 0 aliphatic carbocycles. The first kappa shape index (κ1) is 9.01. The summed E-state index contributed by atoms with van der Waals surface area (Å²) in [6.45, 7) is 5.72. The van der Waals surface area contributed by atoms with Crippen LogP contribution in [0, 0.1) is 11.8 Å². The minimum atomic E-state index is -0.200. The quantitative estimate of drug-likeness (QED) is 0.673. The Labute approximate surface area is 68.6 Å². The van der Waals surface area contributed by atoms with Gasteiger partial charge in [0, 0.05) is 5.92 Å². The van der Waals surface area contributed by atoms with Crippen molar-refractivity contribution in [2.24, 2.45) is 11.8 Å². The van der Waals surface area contributed by atoms with Crippen LogP contribution in [-0.2, 0) is 4.74 Å². The molecule has 1 fully saturated rings. The van der Waals surface area contributed by atoms with Crippen molar-refractivity contribution < 1.29 is 9.84 Å². The summed E-state index contributed by atoms with van der Waals surface area (Å²) in [5.41, 5.74) is 0. The van der Waals surface area contributed by atoms with E-state index >= 15 is 0 Å². The van der Waals surface area contributed by atoms with Gasteiger partial charge in [-0.2, -0.15) is 0 Å². The molecule has 1 heterocycles. The molecule has 1 aliphatic rings. The summed E-state index contributed by atoms with van der Waals surface area (Å²) in [5, 5.41) is 9.38. The van der Waals surface area contributed by atoms with E-state index in [4.69, 9.17) is 4.74 Å². The molecular weight excluding hydrogens is 140 g/mol. The molecule has 0 amide bonds. The van der Waals surface area contributed by atoms with Crippen LogP contribution in [0.2, 0.25) is 0 Å². The molecule has 1 saturated heterocycles. The fourth-order valence-corrected chi connectivity index (χ4v) is 1.41. The van der Waals surface area contributed by atoms with E-state index in [1.165, 1.54) is 6.42 Å². The Balaban J connectivity index is 2.15. The molecule has 1 rings (SSSR count). The van der Waals surface area contributed by atoms with Crippen molar-refractivity contribution in [3.05, 3.63) is 0 Å². The lowest BCUT2D eigenvalue weighted by molar-refractivity contribution is 0.116. The van der Waals surface area contributed by atoms with E-state index in [1.54, 1.807) is 0 Å². The molecule has 2 nitrogen and oxygen atoms in total. The van der Waals surface area contributed by atoms with Crippen LogP contribution < -0.4 is 0 Å². The zero-order valence-corrected chi connectivity index (χ0v) is 7.42. The maximum atomic E-state index is 9.38. The average molecular weight is 158 g/mol. The van der Waals surface area contributed by atoms with Crippen LogP contribution in [0.5, 0.6) is 0 Å². The zero-order chi connectivity index (χ0) is 8.27. The topological polar surface area (TPSA) is 29.5 Å². The zero-order valence-electron chi connectivity index (χ0n) is 7.42. The summed E-state index contributed by atoms with van der Waals surface area (Å²) in [6.07, 6.45) is 2.11. The summed E-state index contributed by atoms with van der Waals surface area (Å²) in [7, 11) is 0. The summed E-state index contributed by atoms with van der Waals surface area (Å²) in [4.78, 5) is 0. The molecule has 2 unspecified atom stereocenters. The molecule has 1 N–H and O–H groups in total. The second-order valence-electron chi connectivity index (χ2n) is 3.84. The van der Waals surface area contributed by atoms with Gasteiger partial charge in [-0.1, -0.05) is 20.3 Å². The normalized spacial score (nSPS) is 31.6. The monoisotopic (exact) mass is 158 g/mol. The molecule has 0 radical (unpaired) electrons. The van der Waals surface area contributed by atoms with E-state index in [9.17, 15) is 5.11 Å². The van der Waals surface area contributed by atoms with Crippen molar-refractivity contribution in [2.75, 3.05) is 13.2 Å². The van der Waals surface area contributed by atoms with E-state index in [0.717, 1.165) is 18.9 Å². The highest BCUT2D eigenvalue weighted by Crippen LogP contribution is 2.20. The van der Waals surface area contributed by atoms with Crippen LogP contribution in [-0.4, -0.2) is 24.4 Å². The van der Waals surface area contributed by atoms with Crippen molar-refractivity contribution in [3.63, 3.8) is 0 Å². The third-order valence-electron chi connectivity index (χ3n) is 2.28. The van der Waals surface area contributed by atoms with Crippen LogP contribution in [0.4, 0.5) is 0 Å². The summed E-state index contributed by atoms with van der Waals surface area (Å²) in [5.74, 6) is 1.14. The van der Waals surface area contributed by atoms with Crippen molar-refractivity contribution in [2.45, 2.75) is 32.8 Å². The fraction of sp³-hybridized carbons (Fsp3) is 1.00. The SMILES string of the molecule is CC(C)CCC1COCC1O. The second kappa shape index (κ2) is 4.07. The van der Waals surface area contributed by atoms with Crippen molar-refractivity contribution in [1.29, 1.82) is 0 Å². The lowest BCUT2D eigenvalue weighted by Gasteiger charge is -2.12. The first-order chi connectivity index (χ1) is 5.20. The van der Waals surface area contributed by atoms with Crippen LogP contribution >= 0.6 is 0 Å². The van der Waals surface area contributed by atoms with E-state index in [1.807, 2.05) is 0 Å². The molecule has 66 valence electrons. The van der Waals surface area contributed by atoms with Gasteiger partial charge in [0.05, 0.1) is 19.3 Å². The van der Waals surface area contributed by atoms with Gasteiger partial charge in [-0.3, -0.25) is 0 Å². The molecule has 1 aliphatic heterocycles. The van der Waals surface area contributed by atoms with Gasteiger partial charge in [0.1, 0.15) is 0 Å². The Morgan fingerprint density at radius 3 is 2.64 bits per heavy atom. The maximum Gasteiger partial charge on any atom is 0.0823 e. The third kappa shape index (κ3) is 2.80. The van der Waals surface area contributed by atoms with Gasteiger partial charge in [0.25, 0.3) is 0 Å². The highest BCUT2D eigenvalue weighted by Gasteiger charge is 2.25.